The zero-order valence-electron chi connectivity index (χ0n) is 17.5. The molecule has 0 aliphatic carbocycles. The highest BCUT2D eigenvalue weighted by molar-refractivity contribution is 7.80. The summed E-state index contributed by atoms with van der Waals surface area (Å²) in [6.07, 6.45) is 1.90. The molecule has 0 unspecified atom stereocenters. The quantitative estimate of drug-likeness (QED) is 0.357. The Morgan fingerprint density at radius 3 is 2.42 bits per heavy atom. The maximum absolute atomic E-state index is 12.4. The Kier molecular flexibility index (Phi) is 8.43. The average molecular weight is 435 g/mol. The fourth-order valence-corrected chi connectivity index (χ4v) is 3.19. The molecule has 6 heteroatoms. The summed E-state index contributed by atoms with van der Waals surface area (Å²) in [4.78, 5) is 12.4. The third-order valence-electron chi connectivity index (χ3n) is 4.47. The lowest BCUT2D eigenvalue weighted by molar-refractivity contribution is 0.0977. The molecule has 1 amide bonds. The predicted octanol–water partition coefficient (Wildman–Crippen LogP) is 5.22. The van der Waals surface area contributed by atoms with Gasteiger partial charge in [0.15, 0.2) is 5.11 Å². The molecule has 3 aromatic rings. The number of hydrogen-bond donors (Lipinski definition) is 2. The first-order valence-electron chi connectivity index (χ1n) is 10.3. The molecule has 0 atom stereocenters. The molecular weight excluding hydrogens is 408 g/mol. The van der Waals surface area contributed by atoms with E-state index in [-0.39, 0.29) is 11.0 Å². The van der Waals surface area contributed by atoms with Crippen LogP contribution < -0.4 is 20.1 Å². The van der Waals surface area contributed by atoms with Crippen molar-refractivity contribution < 1.29 is 14.3 Å². The number of hydrogen-bond acceptors (Lipinski definition) is 4. The number of carbonyl (C=O) groups is 1. The largest absolute Gasteiger partial charge is 0.494 e. The van der Waals surface area contributed by atoms with Crippen LogP contribution in [-0.4, -0.2) is 24.2 Å². The number of ether oxygens (including phenoxy) is 2. The van der Waals surface area contributed by atoms with Crippen molar-refractivity contribution in [2.45, 2.75) is 19.8 Å². The minimum absolute atomic E-state index is 0.222. The number of aryl methyl sites for hydroxylation is 1. The van der Waals surface area contributed by atoms with E-state index in [0.717, 1.165) is 30.0 Å². The lowest BCUT2D eigenvalue weighted by atomic mass is 10.1. The summed E-state index contributed by atoms with van der Waals surface area (Å²) in [5, 5.41) is 5.93. The van der Waals surface area contributed by atoms with Gasteiger partial charge in [0.2, 0.25) is 0 Å². The summed E-state index contributed by atoms with van der Waals surface area (Å²) in [6.45, 7) is 3.11. The third-order valence-corrected chi connectivity index (χ3v) is 4.67. The van der Waals surface area contributed by atoms with E-state index >= 15 is 0 Å². The Morgan fingerprint density at radius 1 is 0.903 bits per heavy atom. The fourth-order valence-electron chi connectivity index (χ4n) is 2.98. The minimum Gasteiger partial charge on any atom is -0.494 e. The topological polar surface area (TPSA) is 59.6 Å². The van der Waals surface area contributed by atoms with Gasteiger partial charge in [0.1, 0.15) is 11.5 Å². The normalized spacial score (nSPS) is 10.2. The predicted molar refractivity (Wildman–Crippen MR) is 128 cm³/mol. The molecule has 0 saturated carbocycles. The summed E-state index contributed by atoms with van der Waals surface area (Å²) < 4.78 is 11.2. The SMILES string of the molecule is CCOc1ccc(C(=O)NC(=S)Nc2cccc(OCCCc3ccccc3)c2)cc1. The van der Waals surface area contributed by atoms with Crippen LogP contribution in [0.5, 0.6) is 11.5 Å². The van der Waals surface area contributed by atoms with Crippen molar-refractivity contribution in [2.24, 2.45) is 0 Å². The molecular formula is C25H26N2O3S. The number of amides is 1. The summed E-state index contributed by atoms with van der Waals surface area (Å²) >= 11 is 5.27. The van der Waals surface area contributed by atoms with Crippen molar-refractivity contribution in [3.8, 4) is 11.5 Å². The first-order chi connectivity index (χ1) is 15.1. The summed E-state index contributed by atoms with van der Waals surface area (Å²) in [7, 11) is 0. The van der Waals surface area contributed by atoms with Gasteiger partial charge in [-0.15, -0.1) is 0 Å². The van der Waals surface area contributed by atoms with Gasteiger partial charge in [0, 0.05) is 17.3 Å². The Balaban J connectivity index is 1.45. The van der Waals surface area contributed by atoms with E-state index in [4.69, 9.17) is 21.7 Å². The number of nitrogens with one attached hydrogen (secondary N) is 2. The minimum atomic E-state index is -0.283. The number of anilines is 1. The molecule has 0 aliphatic heterocycles. The van der Waals surface area contributed by atoms with Gasteiger partial charge in [0.05, 0.1) is 13.2 Å². The van der Waals surface area contributed by atoms with E-state index in [1.165, 1.54) is 5.56 Å². The fraction of sp³-hybridized carbons (Fsp3) is 0.200. The van der Waals surface area contributed by atoms with E-state index in [0.29, 0.717) is 18.8 Å². The van der Waals surface area contributed by atoms with E-state index in [1.54, 1.807) is 24.3 Å². The molecule has 3 aromatic carbocycles. The van der Waals surface area contributed by atoms with E-state index in [1.807, 2.05) is 49.4 Å². The van der Waals surface area contributed by atoms with Gasteiger partial charge in [-0.25, -0.2) is 0 Å². The second kappa shape index (κ2) is 11.7. The Bertz CT molecular complexity index is 991. The van der Waals surface area contributed by atoms with E-state index < -0.39 is 0 Å². The van der Waals surface area contributed by atoms with Crippen LogP contribution in [0.2, 0.25) is 0 Å². The van der Waals surface area contributed by atoms with Crippen LogP contribution in [0.25, 0.3) is 0 Å². The number of rotatable bonds is 9. The lowest BCUT2D eigenvalue weighted by Gasteiger charge is -2.12. The lowest BCUT2D eigenvalue weighted by Crippen LogP contribution is -2.34. The van der Waals surface area contributed by atoms with Crippen LogP contribution in [-0.2, 0) is 6.42 Å². The molecule has 0 spiro atoms. The monoisotopic (exact) mass is 434 g/mol. The maximum atomic E-state index is 12.4. The molecule has 0 saturated heterocycles. The zero-order chi connectivity index (χ0) is 21.9. The highest BCUT2D eigenvalue weighted by Gasteiger charge is 2.08. The molecule has 3 rings (SSSR count). The van der Waals surface area contributed by atoms with Gasteiger partial charge in [-0.2, -0.15) is 0 Å². The molecule has 0 aromatic heterocycles. The molecule has 160 valence electrons. The Morgan fingerprint density at radius 2 is 1.68 bits per heavy atom. The molecule has 0 radical (unpaired) electrons. The van der Waals surface area contributed by atoms with Gasteiger partial charge >= 0.3 is 0 Å². The van der Waals surface area contributed by atoms with Crippen LogP contribution in [0, 0.1) is 0 Å². The van der Waals surface area contributed by atoms with Crippen molar-refractivity contribution in [1.29, 1.82) is 0 Å². The van der Waals surface area contributed by atoms with Crippen molar-refractivity contribution in [1.82, 2.24) is 5.32 Å². The number of carbonyl (C=O) groups excluding carboxylic acids is 1. The Hall–Kier alpha value is -3.38. The van der Waals surface area contributed by atoms with Crippen molar-refractivity contribution in [3.63, 3.8) is 0 Å². The molecule has 0 aliphatic rings. The first-order valence-corrected chi connectivity index (χ1v) is 10.7. The molecule has 2 N–H and O–H groups in total. The van der Waals surface area contributed by atoms with Gasteiger partial charge < -0.3 is 14.8 Å². The zero-order valence-corrected chi connectivity index (χ0v) is 18.3. The molecule has 0 heterocycles. The molecule has 31 heavy (non-hydrogen) atoms. The highest BCUT2D eigenvalue weighted by Crippen LogP contribution is 2.18. The molecule has 0 fully saturated rings. The van der Waals surface area contributed by atoms with E-state index in [2.05, 4.69) is 22.8 Å². The maximum Gasteiger partial charge on any atom is 0.257 e. The number of thiocarbonyl (C=S) groups is 1. The van der Waals surface area contributed by atoms with Crippen LogP contribution in [0.4, 0.5) is 5.69 Å². The summed E-state index contributed by atoms with van der Waals surface area (Å²) in [6, 6.07) is 24.8. The van der Waals surface area contributed by atoms with Crippen molar-refractivity contribution in [3.05, 3.63) is 90.0 Å². The van der Waals surface area contributed by atoms with Gasteiger partial charge in [0.25, 0.3) is 5.91 Å². The standard InChI is InChI=1S/C25H26N2O3S/c1-2-29-22-15-13-20(14-16-22)24(28)27-25(31)26-21-11-6-12-23(18-21)30-17-7-10-19-8-4-3-5-9-19/h3-6,8-9,11-16,18H,2,7,10,17H2,1H3,(H2,26,27,28,31). The summed E-state index contributed by atoms with van der Waals surface area (Å²) in [5.41, 5.74) is 2.55. The second-order valence-corrected chi connectivity index (χ2v) is 7.24. The smallest absolute Gasteiger partial charge is 0.257 e. The Labute approximate surface area is 188 Å². The molecule has 5 nitrogen and oxygen atoms in total. The summed E-state index contributed by atoms with van der Waals surface area (Å²) in [5.74, 6) is 1.19. The second-order valence-electron chi connectivity index (χ2n) is 6.83. The van der Waals surface area contributed by atoms with Crippen LogP contribution in [0.1, 0.15) is 29.3 Å². The van der Waals surface area contributed by atoms with Crippen LogP contribution in [0.3, 0.4) is 0 Å². The van der Waals surface area contributed by atoms with Gasteiger partial charge in [-0.05, 0) is 73.9 Å². The molecule has 0 bridgehead atoms. The van der Waals surface area contributed by atoms with Crippen LogP contribution in [0.15, 0.2) is 78.9 Å². The first kappa shape index (κ1) is 22.3. The van der Waals surface area contributed by atoms with Gasteiger partial charge in [-0.3, -0.25) is 10.1 Å². The number of benzene rings is 3. The average Bonchev–Trinajstić information content (AvgIpc) is 2.78. The highest BCUT2D eigenvalue weighted by atomic mass is 32.1. The van der Waals surface area contributed by atoms with Crippen molar-refractivity contribution >= 4 is 28.9 Å². The third kappa shape index (κ3) is 7.42. The van der Waals surface area contributed by atoms with Crippen molar-refractivity contribution in [2.75, 3.05) is 18.5 Å². The van der Waals surface area contributed by atoms with Gasteiger partial charge in [-0.1, -0.05) is 36.4 Å². The van der Waals surface area contributed by atoms with Crippen LogP contribution >= 0.6 is 12.2 Å². The van der Waals surface area contributed by atoms with E-state index in [9.17, 15) is 4.79 Å².